The fraction of sp³-hybridized carbons (Fsp3) is 0.562. The van der Waals surface area contributed by atoms with Gasteiger partial charge in [0, 0.05) is 6.54 Å². The first-order chi connectivity index (χ1) is 11.3. The Bertz CT molecular complexity index is 729. The molecule has 7 nitrogen and oxygen atoms in total. The molecule has 7 heteroatoms. The third kappa shape index (κ3) is 2.10. The first-order valence-corrected chi connectivity index (χ1v) is 8.03. The van der Waals surface area contributed by atoms with Gasteiger partial charge in [0.05, 0.1) is 32.8 Å². The maximum Gasteiger partial charge on any atom is 0.168 e. The van der Waals surface area contributed by atoms with Crippen LogP contribution in [0.5, 0.6) is 11.5 Å². The summed E-state index contributed by atoms with van der Waals surface area (Å²) in [6.07, 6.45) is 2.00. The van der Waals surface area contributed by atoms with E-state index in [0.717, 1.165) is 43.3 Å². The zero-order chi connectivity index (χ0) is 16.0. The number of tetrazole rings is 1. The van der Waals surface area contributed by atoms with Crippen molar-refractivity contribution in [3.05, 3.63) is 29.1 Å². The zero-order valence-electron chi connectivity index (χ0n) is 13.7. The molecule has 23 heavy (non-hydrogen) atoms. The van der Waals surface area contributed by atoms with Gasteiger partial charge in [-0.05, 0) is 46.5 Å². The fourth-order valence-electron chi connectivity index (χ4n) is 3.93. The van der Waals surface area contributed by atoms with Gasteiger partial charge in [-0.3, -0.25) is 4.90 Å². The largest absolute Gasteiger partial charge is 0.493 e. The maximum absolute atomic E-state index is 5.50. The third-order valence-corrected chi connectivity index (χ3v) is 5.03. The zero-order valence-corrected chi connectivity index (χ0v) is 13.7. The van der Waals surface area contributed by atoms with Crippen LogP contribution < -0.4 is 9.47 Å². The summed E-state index contributed by atoms with van der Waals surface area (Å²) in [4.78, 5) is 2.53. The van der Waals surface area contributed by atoms with Gasteiger partial charge in [-0.15, -0.1) is 5.10 Å². The molecule has 0 bridgehead atoms. The average Bonchev–Trinajstić information content (AvgIpc) is 3.06. The van der Waals surface area contributed by atoms with Crippen LogP contribution in [0.1, 0.15) is 42.4 Å². The summed E-state index contributed by atoms with van der Waals surface area (Å²) in [7, 11) is 3.36. The summed E-state index contributed by atoms with van der Waals surface area (Å²) >= 11 is 0. The minimum absolute atomic E-state index is 0.269. The maximum atomic E-state index is 5.50. The Hall–Kier alpha value is -2.15. The first kappa shape index (κ1) is 14.4. The molecule has 0 fully saturated rings. The Morgan fingerprint density at radius 2 is 2.00 bits per heavy atom. The molecule has 3 heterocycles. The minimum Gasteiger partial charge on any atom is -0.493 e. The Labute approximate surface area is 135 Å². The van der Waals surface area contributed by atoms with E-state index >= 15 is 0 Å². The van der Waals surface area contributed by atoms with E-state index in [1.54, 1.807) is 14.2 Å². The van der Waals surface area contributed by atoms with E-state index in [0.29, 0.717) is 0 Å². The summed E-state index contributed by atoms with van der Waals surface area (Å²) < 4.78 is 12.9. The number of hydrogen-bond donors (Lipinski definition) is 0. The first-order valence-electron chi connectivity index (χ1n) is 8.03. The van der Waals surface area contributed by atoms with Crippen LogP contribution in [0.4, 0.5) is 0 Å². The van der Waals surface area contributed by atoms with Crippen molar-refractivity contribution in [2.24, 2.45) is 0 Å². The van der Waals surface area contributed by atoms with Gasteiger partial charge in [0.1, 0.15) is 0 Å². The molecule has 0 aliphatic carbocycles. The Morgan fingerprint density at radius 3 is 2.74 bits per heavy atom. The van der Waals surface area contributed by atoms with Crippen LogP contribution in [0.15, 0.2) is 12.1 Å². The van der Waals surface area contributed by atoms with Crippen molar-refractivity contribution in [3.8, 4) is 11.5 Å². The monoisotopic (exact) mass is 315 g/mol. The molecule has 0 saturated heterocycles. The van der Waals surface area contributed by atoms with Crippen LogP contribution in [0, 0.1) is 0 Å². The van der Waals surface area contributed by atoms with Gasteiger partial charge in [0.25, 0.3) is 0 Å². The Kier molecular flexibility index (Phi) is 3.45. The van der Waals surface area contributed by atoms with E-state index in [2.05, 4.69) is 39.5 Å². The van der Waals surface area contributed by atoms with Crippen molar-refractivity contribution in [2.45, 2.75) is 38.4 Å². The number of fused-ring (bicyclic) bond motifs is 4. The molecule has 0 saturated carbocycles. The van der Waals surface area contributed by atoms with Gasteiger partial charge in [-0.2, -0.15) is 0 Å². The second-order valence-corrected chi connectivity index (χ2v) is 6.05. The van der Waals surface area contributed by atoms with E-state index in [-0.39, 0.29) is 12.1 Å². The lowest BCUT2D eigenvalue weighted by atomic mass is 9.88. The van der Waals surface area contributed by atoms with E-state index in [1.807, 2.05) is 4.68 Å². The molecule has 4 rings (SSSR count). The second-order valence-electron chi connectivity index (χ2n) is 6.05. The molecule has 2 aliphatic heterocycles. The predicted octanol–water partition coefficient (Wildman–Crippen LogP) is 1.75. The quantitative estimate of drug-likeness (QED) is 0.860. The molecular weight excluding hydrogens is 294 g/mol. The van der Waals surface area contributed by atoms with Crippen molar-refractivity contribution in [3.63, 3.8) is 0 Å². The number of aromatic nitrogens is 4. The van der Waals surface area contributed by atoms with Gasteiger partial charge in [0.15, 0.2) is 17.3 Å². The predicted molar refractivity (Wildman–Crippen MR) is 83.5 cm³/mol. The van der Waals surface area contributed by atoms with E-state index in [1.165, 1.54) is 11.1 Å². The highest BCUT2D eigenvalue weighted by atomic mass is 16.5. The standard InChI is InChI=1S/C16H21N5O2/c1-4-12-16-17-18-19-21(16)9-13-11-8-15(23-3)14(22-2)7-10(11)5-6-20(12)13/h7-8,12-13H,4-6,9H2,1-3H3. The number of benzene rings is 1. The average molecular weight is 315 g/mol. The molecule has 2 unspecified atom stereocenters. The molecule has 2 atom stereocenters. The molecule has 2 aliphatic rings. The molecule has 2 aromatic rings. The number of rotatable bonds is 3. The topological polar surface area (TPSA) is 65.3 Å². The molecule has 122 valence electrons. The van der Waals surface area contributed by atoms with Gasteiger partial charge in [-0.25, -0.2) is 4.68 Å². The highest BCUT2D eigenvalue weighted by Gasteiger charge is 2.39. The van der Waals surface area contributed by atoms with Crippen molar-refractivity contribution in [2.75, 3.05) is 20.8 Å². The molecule has 0 amide bonds. The number of ether oxygens (including phenoxy) is 2. The van der Waals surface area contributed by atoms with Crippen molar-refractivity contribution < 1.29 is 9.47 Å². The van der Waals surface area contributed by atoms with Crippen molar-refractivity contribution in [1.29, 1.82) is 0 Å². The molecule has 0 radical (unpaired) electrons. The van der Waals surface area contributed by atoms with Crippen LogP contribution in [-0.2, 0) is 13.0 Å². The Morgan fingerprint density at radius 1 is 1.22 bits per heavy atom. The lowest BCUT2D eigenvalue weighted by molar-refractivity contribution is 0.0678. The highest BCUT2D eigenvalue weighted by molar-refractivity contribution is 5.49. The van der Waals surface area contributed by atoms with Crippen molar-refractivity contribution in [1.82, 2.24) is 25.1 Å². The van der Waals surface area contributed by atoms with Crippen LogP contribution >= 0.6 is 0 Å². The Balaban J connectivity index is 1.81. The number of nitrogens with zero attached hydrogens (tertiary/aromatic N) is 5. The van der Waals surface area contributed by atoms with E-state index in [4.69, 9.17) is 9.47 Å². The molecule has 0 N–H and O–H groups in total. The van der Waals surface area contributed by atoms with Crippen LogP contribution in [0.2, 0.25) is 0 Å². The van der Waals surface area contributed by atoms with Gasteiger partial charge in [0.2, 0.25) is 0 Å². The third-order valence-electron chi connectivity index (χ3n) is 5.03. The fourth-order valence-corrected chi connectivity index (χ4v) is 3.93. The molecule has 1 aromatic carbocycles. The second kappa shape index (κ2) is 5.49. The van der Waals surface area contributed by atoms with Gasteiger partial charge >= 0.3 is 0 Å². The summed E-state index contributed by atoms with van der Waals surface area (Å²) in [5.74, 6) is 2.56. The van der Waals surface area contributed by atoms with Crippen LogP contribution in [0.25, 0.3) is 0 Å². The number of hydrogen-bond acceptors (Lipinski definition) is 6. The molecule has 1 aromatic heterocycles. The van der Waals surface area contributed by atoms with Crippen molar-refractivity contribution >= 4 is 0 Å². The minimum atomic E-state index is 0.269. The van der Waals surface area contributed by atoms with Gasteiger partial charge < -0.3 is 9.47 Å². The molecular formula is C16H21N5O2. The van der Waals surface area contributed by atoms with Crippen LogP contribution in [0.3, 0.4) is 0 Å². The SMILES string of the molecule is CCC1c2nnnn2CC2c3cc(OC)c(OC)cc3CCN21. The summed E-state index contributed by atoms with van der Waals surface area (Å²) in [5, 5.41) is 12.3. The van der Waals surface area contributed by atoms with E-state index < -0.39 is 0 Å². The smallest absolute Gasteiger partial charge is 0.168 e. The lowest BCUT2D eigenvalue weighted by Gasteiger charge is -2.44. The summed E-state index contributed by atoms with van der Waals surface area (Å²) in [6, 6.07) is 4.78. The van der Waals surface area contributed by atoms with Gasteiger partial charge in [-0.1, -0.05) is 6.92 Å². The highest BCUT2D eigenvalue weighted by Crippen LogP contribution is 2.44. The summed E-state index contributed by atoms with van der Waals surface area (Å²) in [5.41, 5.74) is 2.63. The summed E-state index contributed by atoms with van der Waals surface area (Å²) in [6.45, 7) is 3.98. The van der Waals surface area contributed by atoms with E-state index in [9.17, 15) is 0 Å². The van der Waals surface area contributed by atoms with Crippen LogP contribution in [-0.4, -0.2) is 45.9 Å². The number of methoxy groups -OCH3 is 2. The normalized spacial score (nSPS) is 22.9. The molecule has 0 spiro atoms. The lowest BCUT2D eigenvalue weighted by Crippen LogP contribution is -2.45.